The van der Waals surface area contributed by atoms with Crippen molar-refractivity contribution in [1.82, 2.24) is 10.2 Å². The van der Waals surface area contributed by atoms with Crippen LogP contribution in [0.5, 0.6) is 0 Å². The Labute approximate surface area is 240 Å². The minimum atomic E-state index is -3.86. The summed E-state index contributed by atoms with van der Waals surface area (Å²) in [6.45, 7) is 5.06. The van der Waals surface area contributed by atoms with E-state index in [0.717, 1.165) is 16.1 Å². The van der Waals surface area contributed by atoms with Crippen LogP contribution >= 0.6 is 23.2 Å². The third kappa shape index (κ3) is 8.98. The fourth-order valence-electron chi connectivity index (χ4n) is 4.04. The maximum Gasteiger partial charge on any atom is 0.244 e. The van der Waals surface area contributed by atoms with Crippen LogP contribution in [0, 0.1) is 0 Å². The monoisotopic (exact) mass is 589 g/mol. The van der Waals surface area contributed by atoms with Gasteiger partial charge < -0.3 is 10.2 Å². The zero-order chi connectivity index (χ0) is 28.8. The van der Waals surface area contributed by atoms with Gasteiger partial charge in [0.25, 0.3) is 0 Å². The number of carbonyl (C=O) groups is 2. The molecule has 208 valence electrons. The number of rotatable bonds is 10. The van der Waals surface area contributed by atoms with Crippen LogP contribution in [0.3, 0.4) is 0 Å². The van der Waals surface area contributed by atoms with Crippen LogP contribution < -0.4 is 9.62 Å². The number of nitrogens with one attached hydrogen (secondary N) is 1. The van der Waals surface area contributed by atoms with Gasteiger partial charge in [0.2, 0.25) is 21.8 Å². The van der Waals surface area contributed by atoms with E-state index in [9.17, 15) is 18.0 Å². The van der Waals surface area contributed by atoms with Gasteiger partial charge in [-0.1, -0.05) is 71.7 Å². The number of amides is 2. The summed E-state index contributed by atoms with van der Waals surface area (Å²) in [4.78, 5) is 29.1. The van der Waals surface area contributed by atoms with E-state index in [-0.39, 0.29) is 24.6 Å². The lowest BCUT2D eigenvalue weighted by Crippen LogP contribution is -2.56. The largest absolute Gasteiger partial charge is 0.350 e. The molecular formula is C29H33Cl2N3O4S. The second-order valence-electron chi connectivity index (χ2n) is 10.3. The van der Waals surface area contributed by atoms with E-state index in [4.69, 9.17) is 23.2 Å². The molecule has 0 aliphatic carbocycles. The van der Waals surface area contributed by atoms with E-state index < -0.39 is 34.1 Å². The van der Waals surface area contributed by atoms with Gasteiger partial charge >= 0.3 is 0 Å². The summed E-state index contributed by atoms with van der Waals surface area (Å²) < 4.78 is 26.6. The molecule has 0 unspecified atom stereocenters. The second-order valence-corrected chi connectivity index (χ2v) is 13.1. The predicted octanol–water partition coefficient (Wildman–Crippen LogP) is 5.31. The minimum Gasteiger partial charge on any atom is -0.350 e. The van der Waals surface area contributed by atoms with Gasteiger partial charge in [-0.2, -0.15) is 0 Å². The van der Waals surface area contributed by atoms with Gasteiger partial charge in [-0.25, -0.2) is 8.42 Å². The molecule has 39 heavy (non-hydrogen) atoms. The summed E-state index contributed by atoms with van der Waals surface area (Å²) in [5, 5.41) is 3.85. The first-order valence-electron chi connectivity index (χ1n) is 12.4. The average Bonchev–Trinajstić information content (AvgIpc) is 2.85. The lowest BCUT2D eigenvalue weighted by molar-refractivity contribution is -0.140. The molecule has 3 aromatic carbocycles. The maximum absolute atomic E-state index is 14.0. The molecule has 3 rings (SSSR count). The molecule has 3 aromatic rings. The molecular weight excluding hydrogens is 557 g/mol. The molecule has 0 aliphatic heterocycles. The number of carbonyl (C=O) groups excluding carboxylic acids is 2. The molecule has 0 bridgehead atoms. The molecule has 7 nitrogen and oxygen atoms in total. The van der Waals surface area contributed by atoms with E-state index in [1.807, 2.05) is 51.1 Å². The van der Waals surface area contributed by atoms with Gasteiger partial charge in [-0.3, -0.25) is 13.9 Å². The van der Waals surface area contributed by atoms with Crippen molar-refractivity contribution in [1.29, 1.82) is 0 Å². The number of hydrogen-bond acceptors (Lipinski definition) is 4. The van der Waals surface area contributed by atoms with Crippen molar-refractivity contribution in [3.8, 4) is 0 Å². The van der Waals surface area contributed by atoms with Crippen molar-refractivity contribution in [2.75, 3.05) is 17.1 Å². The number of nitrogens with zero attached hydrogens (tertiary/aromatic N) is 2. The lowest BCUT2D eigenvalue weighted by atomic mass is 10.0. The van der Waals surface area contributed by atoms with E-state index in [2.05, 4.69) is 5.32 Å². The Kier molecular flexibility index (Phi) is 10.0. The lowest BCUT2D eigenvalue weighted by Gasteiger charge is -2.35. The number of sulfonamides is 1. The summed E-state index contributed by atoms with van der Waals surface area (Å²) in [6, 6.07) is 21.6. The average molecular weight is 591 g/mol. The van der Waals surface area contributed by atoms with Crippen LogP contribution in [0.15, 0.2) is 78.9 Å². The molecule has 0 fully saturated rings. The maximum atomic E-state index is 14.0. The molecule has 2 amide bonds. The van der Waals surface area contributed by atoms with E-state index in [0.29, 0.717) is 15.6 Å². The molecule has 0 saturated heterocycles. The first-order chi connectivity index (χ1) is 18.2. The van der Waals surface area contributed by atoms with Gasteiger partial charge in [0, 0.05) is 28.5 Å². The molecule has 1 atom stereocenters. The van der Waals surface area contributed by atoms with Crippen LogP contribution in [-0.4, -0.2) is 49.5 Å². The van der Waals surface area contributed by atoms with E-state index >= 15 is 0 Å². The standard InChI is InChI=1S/C29H33Cl2N3O4S/c1-29(2,3)32-28(36)26(18-21-10-6-5-7-11-21)33(19-22-12-8-9-13-25(22)31)27(35)20-34(39(4,37)38)24-16-14-23(30)15-17-24/h5-17,26H,18-20H2,1-4H3,(H,32,36)/t26-/m0/s1. The number of anilines is 1. The van der Waals surface area contributed by atoms with Crippen molar-refractivity contribution in [2.45, 2.75) is 45.3 Å². The number of benzene rings is 3. The topological polar surface area (TPSA) is 86.8 Å². The van der Waals surface area contributed by atoms with E-state index in [1.165, 1.54) is 17.0 Å². The highest BCUT2D eigenvalue weighted by Crippen LogP contribution is 2.24. The van der Waals surface area contributed by atoms with Crippen molar-refractivity contribution in [3.63, 3.8) is 0 Å². The Morgan fingerprint density at radius 3 is 2.05 bits per heavy atom. The van der Waals surface area contributed by atoms with Gasteiger partial charge in [0.1, 0.15) is 12.6 Å². The quantitative estimate of drug-likeness (QED) is 0.347. The Bertz CT molecular complexity index is 1390. The van der Waals surface area contributed by atoms with Gasteiger partial charge in [0.05, 0.1) is 11.9 Å². The highest BCUT2D eigenvalue weighted by Gasteiger charge is 2.34. The minimum absolute atomic E-state index is 0.00574. The molecule has 0 radical (unpaired) electrons. The van der Waals surface area contributed by atoms with Crippen LogP contribution in [0.1, 0.15) is 31.9 Å². The fourth-order valence-corrected chi connectivity index (χ4v) is 5.21. The first-order valence-corrected chi connectivity index (χ1v) is 15.0. The van der Waals surface area contributed by atoms with Crippen molar-refractivity contribution in [3.05, 3.63) is 100 Å². The normalized spacial score (nSPS) is 12.5. The molecule has 0 aromatic heterocycles. The van der Waals surface area contributed by atoms with Gasteiger partial charge in [-0.05, 0) is 62.2 Å². The molecule has 1 N–H and O–H groups in total. The van der Waals surface area contributed by atoms with Crippen LogP contribution in [0.2, 0.25) is 10.0 Å². The highest BCUT2D eigenvalue weighted by molar-refractivity contribution is 7.92. The second kappa shape index (κ2) is 12.9. The third-order valence-corrected chi connectivity index (χ3v) is 7.62. The molecule has 10 heteroatoms. The molecule has 0 heterocycles. The molecule has 0 aliphatic rings. The SMILES string of the molecule is CC(C)(C)NC(=O)[C@H](Cc1ccccc1)N(Cc1ccccc1Cl)C(=O)CN(c1ccc(Cl)cc1)S(C)(=O)=O. The smallest absolute Gasteiger partial charge is 0.244 e. The Morgan fingerprint density at radius 2 is 1.49 bits per heavy atom. The van der Waals surface area contributed by atoms with Crippen LogP contribution in [-0.2, 0) is 32.6 Å². The third-order valence-electron chi connectivity index (χ3n) is 5.86. The highest BCUT2D eigenvalue weighted by atomic mass is 35.5. The zero-order valence-corrected chi connectivity index (χ0v) is 24.7. The summed E-state index contributed by atoms with van der Waals surface area (Å²) in [7, 11) is -3.86. The number of hydrogen-bond donors (Lipinski definition) is 1. The Balaban J connectivity index is 2.08. The Hall–Kier alpha value is -3.07. The van der Waals surface area contributed by atoms with Crippen LogP contribution in [0.25, 0.3) is 0 Å². The van der Waals surface area contributed by atoms with Crippen molar-refractivity contribution in [2.24, 2.45) is 0 Å². The molecule has 0 spiro atoms. The van der Waals surface area contributed by atoms with Crippen LogP contribution in [0.4, 0.5) is 5.69 Å². The first kappa shape index (κ1) is 30.5. The van der Waals surface area contributed by atoms with Crippen molar-refractivity contribution >= 4 is 50.7 Å². The summed E-state index contributed by atoms with van der Waals surface area (Å²) >= 11 is 12.5. The van der Waals surface area contributed by atoms with Gasteiger partial charge in [-0.15, -0.1) is 0 Å². The fraction of sp³-hybridized carbons (Fsp3) is 0.310. The zero-order valence-electron chi connectivity index (χ0n) is 22.4. The van der Waals surface area contributed by atoms with E-state index in [1.54, 1.807) is 36.4 Å². The number of halogens is 2. The molecule has 0 saturated carbocycles. The Morgan fingerprint density at radius 1 is 0.897 bits per heavy atom. The van der Waals surface area contributed by atoms with Gasteiger partial charge in [0.15, 0.2) is 0 Å². The van der Waals surface area contributed by atoms with Crippen molar-refractivity contribution < 1.29 is 18.0 Å². The summed E-state index contributed by atoms with van der Waals surface area (Å²) in [6.07, 6.45) is 1.25. The predicted molar refractivity (Wildman–Crippen MR) is 157 cm³/mol. The summed E-state index contributed by atoms with van der Waals surface area (Å²) in [5.74, 6) is -0.913. The summed E-state index contributed by atoms with van der Waals surface area (Å²) in [5.41, 5.74) is 1.20.